The van der Waals surface area contributed by atoms with E-state index in [2.05, 4.69) is 27.1 Å². The van der Waals surface area contributed by atoms with E-state index in [-0.39, 0.29) is 37.8 Å². The van der Waals surface area contributed by atoms with Crippen molar-refractivity contribution in [1.29, 1.82) is 10.8 Å². The first-order chi connectivity index (χ1) is 14.8. The van der Waals surface area contributed by atoms with E-state index in [0.29, 0.717) is 17.7 Å². The highest BCUT2D eigenvalue weighted by atomic mass is 35.5. The average Bonchev–Trinajstić information content (AvgIpc) is 3.56. The monoisotopic (exact) mass is 463 g/mol. The number of nitrogens with zero attached hydrogens (tertiary/aromatic N) is 2. The molecule has 0 aliphatic heterocycles. The van der Waals surface area contributed by atoms with Crippen molar-refractivity contribution in [2.24, 2.45) is 5.92 Å². The van der Waals surface area contributed by atoms with E-state index in [1.54, 1.807) is 0 Å². The minimum atomic E-state index is -2.83. The van der Waals surface area contributed by atoms with E-state index in [4.69, 9.17) is 27.2 Å². The molecule has 2 aromatic rings. The molecule has 0 saturated heterocycles. The zero-order valence-corrected chi connectivity index (χ0v) is 17.7. The summed E-state index contributed by atoms with van der Waals surface area (Å²) in [5, 5.41) is 17.7. The molecule has 0 atom stereocenters. The molecule has 1 fully saturated rings. The number of carbonyl (C=O) groups is 1. The first-order valence-electron chi connectivity index (χ1n) is 8.94. The van der Waals surface area contributed by atoms with Gasteiger partial charge in [0.15, 0.2) is 5.17 Å². The zero-order valence-electron chi connectivity index (χ0n) is 16.1. The molecule has 3 rings (SSSR count). The van der Waals surface area contributed by atoms with Crippen molar-refractivity contribution >= 4 is 39.5 Å². The highest BCUT2D eigenvalue weighted by Crippen LogP contribution is 2.35. The second-order valence-electron chi connectivity index (χ2n) is 6.42. The maximum atomic E-state index is 13.2. The number of aromatic nitrogens is 2. The molecule has 1 amide bonds. The predicted molar refractivity (Wildman–Crippen MR) is 115 cm³/mol. The van der Waals surface area contributed by atoms with Crippen molar-refractivity contribution in [3.05, 3.63) is 40.9 Å². The van der Waals surface area contributed by atoms with Crippen LogP contribution in [0.1, 0.15) is 35.3 Å². The highest BCUT2D eigenvalue weighted by molar-refractivity contribution is 8.26. The number of ether oxygens (including phenoxy) is 1. The van der Waals surface area contributed by atoms with Gasteiger partial charge in [0.05, 0.1) is 18.9 Å². The average molecular weight is 464 g/mol. The van der Waals surface area contributed by atoms with E-state index >= 15 is 0 Å². The van der Waals surface area contributed by atoms with Gasteiger partial charge in [0.25, 0.3) is 12.3 Å². The molecule has 11 heteroatoms. The highest BCUT2D eigenvalue weighted by Gasteiger charge is 2.22. The lowest BCUT2D eigenvalue weighted by Crippen LogP contribution is -2.29. The van der Waals surface area contributed by atoms with Crippen molar-refractivity contribution in [2.75, 3.05) is 7.11 Å². The van der Waals surface area contributed by atoms with Crippen LogP contribution in [0.2, 0.25) is 5.15 Å². The Hall–Kier alpha value is -3.03. The number of hydrogen-bond acceptors (Lipinski definition) is 7. The number of methoxy groups -OCH3 is 1. The maximum absolute atomic E-state index is 13.2. The van der Waals surface area contributed by atoms with Crippen LogP contribution in [0.15, 0.2) is 24.5 Å². The SMILES string of the molecule is COc1cnc(C(F)F)cc1-c1cc(Cl)ncc1C(=O)NC(=N)SC(=N)C#CC1CC1. The molecule has 31 heavy (non-hydrogen) atoms. The van der Waals surface area contributed by atoms with Crippen molar-refractivity contribution in [2.45, 2.75) is 19.3 Å². The third-order valence-electron chi connectivity index (χ3n) is 4.14. The molecule has 7 nitrogen and oxygen atoms in total. The molecule has 1 saturated carbocycles. The van der Waals surface area contributed by atoms with Crippen LogP contribution in [0.5, 0.6) is 5.75 Å². The van der Waals surface area contributed by atoms with Crippen molar-refractivity contribution < 1.29 is 18.3 Å². The summed E-state index contributed by atoms with van der Waals surface area (Å²) in [5.74, 6) is 5.28. The van der Waals surface area contributed by atoms with E-state index in [1.807, 2.05) is 0 Å². The van der Waals surface area contributed by atoms with Gasteiger partial charge in [0, 0.05) is 23.2 Å². The molecule has 3 N–H and O–H groups in total. The molecule has 0 radical (unpaired) electrons. The number of pyridine rings is 2. The van der Waals surface area contributed by atoms with Crippen LogP contribution >= 0.6 is 23.4 Å². The summed E-state index contributed by atoms with van der Waals surface area (Å²) in [6, 6.07) is 2.44. The minimum Gasteiger partial charge on any atom is -0.494 e. The van der Waals surface area contributed by atoms with E-state index in [9.17, 15) is 13.6 Å². The Bertz CT molecular complexity index is 1110. The van der Waals surface area contributed by atoms with E-state index in [1.165, 1.54) is 19.4 Å². The summed E-state index contributed by atoms with van der Waals surface area (Å²) >= 11 is 6.66. The Labute approximate surface area is 186 Å². The minimum absolute atomic E-state index is 0.0185. The van der Waals surface area contributed by atoms with Crippen LogP contribution in [-0.2, 0) is 0 Å². The number of nitrogens with one attached hydrogen (secondary N) is 3. The molecule has 160 valence electrons. The largest absolute Gasteiger partial charge is 0.494 e. The van der Waals surface area contributed by atoms with Crippen LogP contribution < -0.4 is 10.1 Å². The number of rotatable bonds is 4. The Kier molecular flexibility index (Phi) is 7.20. The fourth-order valence-corrected chi connectivity index (χ4v) is 3.12. The molecule has 0 spiro atoms. The van der Waals surface area contributed by atoms with Crippen LogP contribution in [-0.4, -0.2) is 33.2 Å². The van der Waals surface area contributed by atoms with Gasteiger partial charge in [-0.05, 0) is 42.7 Å². The summed E-state index contributed by atoms with van der Waals surface area (Å²) < 4.78 is 31.5. The molecule has 1 aliphatic rings. The number of halogens is 3. The number of alkyl halides is 2. The van der Waals surface area contributed by atoms with Gasteiger partial charge in [-0.25, -0.2) is 13.8 Å². The number of carbonyl (C=O) groups excluding carboxylic acids is 1. The standard InChI is InChI=1S/C20H16ClF2N5O2S/c1-30-15-9-26-14(18(22)23)6-12(15)11-7-16(21)27-8-13(11)19(29)28-20(25)31-17(24)5-4-10-2-3-10/h6-10,18,24H,2-3H2,1H3,(H2,25,28,29). The number of thioether (sulfide) groups is 1. The lowest BCUT2D eigenvalue weighted by atomic mass is 10.0. The fraction of sp³-hybridized carbons (Fsp3) is 0.250. The topological polar surface area (TPSA) is 112 Å². The van der Waals surface area contributed by atoms with Gasteiger partial charge in [-0.1, -0.05) is 17.5 Å². The number of amidine groups is 1. The van der Waals surface area contributed by atoms with E-state index < -0.39 is 18.0 Å². The van der Waals surface area contributed by atoms with Crippen LogP contribution in [0.3, 0.4) is 0 Å². The second kappa shape index (κ2) is 9.85. The molecule has 0 aromatic carbocycles. The Morgan fingerprint density at radius 2 is 2.03 bits per heavy atom. The predicted octanol–water partition coefficient (Wildman–Crippen LogP) is 4.53. The van der Waals surface area contributed by atoms with Crippen LogP contribution in [0.4, 0.5) is 8.78 Å². The first kappa shape index (κ1) is 22.7. The zero-order chi connectivity index (χ0) is 22.5. The Morgan fingerprint density at radius 3 is 2.68 bits per heavy atom. The van der Waals surface area contributed by atoms with Crippen LogP contribution in [0, 0.1) is 28.6 Å². The molecule has 0 bridgehead atoms. The Morgan fingerprint density at radius 1 is 1.29 bits per heavy atom. The third kappa shape index (κ3) is 5.99. The van der Waals surface area contributed by atoms with Crippen LogP contribution in [0.25, 0.3) is 11.1 Å². The molecule has 2 heterocycles. The van der Waals surface area contributed by atoms with Gasteiger partial charge in [0.1, 0.15) is 21.6 Å². The van der Waals surface area contributed by atoms with Crippen molar-refractivity contribution in [3.8, 4) is 28.7 Å². The van der Waals surface area contributed by atoms with Gasteiger partial charge in [-0.15, -0.1) is 0 Å². The summed E-state index contributed by atoms with van der Waals surface area (Å²) in [6.07, 6.45) is 1.50. The molecular weight excluding hydrogens is 448 g/mol. The lowest BCUT2D eigenvalue weighted by molar-refractivity contribution is 0.0978. The van der Waals surface area contributed by atoms with Gasteiger partial charge in [0.2, 0.25) is 0 Å². The number of amides is 1. The lowest BCUT2D eigenvalue weighted by Gasteiger charge is -2.14. The van der Waals surface area contributed by atoms with E-state index in [0.717, 1.165) is 25.1 Å². The van der Waals surface area contributed by atoms with Crippen molar-refractivity contribution in [3.63, 3.8) is 0 Å². The molecule has 1 aliphatic carbocycles. The number of hydrogen-bond donors (Lipinski definition) is 3. The van der Waals surface area contributed by atoms with Gasteiger partial charge in [-0.3, -0.25) is 20.6 Å². The molecule has 2 aromatic heterocycles. The van der Waals surface area contributed by atoms with Gasteiger partial charge < -0.3 is 10.1 Å². The summed E-state index contributed by atoms with van der Waals surface area (Å²) in [4.78, 5) is 20.3. The summed E-state index contributed by atoms with van der Waals surface area (Å²) in [7, 11) is 1.34. The van der Waals surface area contributed by atoms with Gasteiger partial charge in [-0.2, -0.15) is 0 Å². The quantitative estimate of drug-likeness (QED) is 0.267. The Balaban J connectivity index is 1.87. The summed E-state index contributed by atoms with van der Waals surface area (Å²) in [6.45, 7) is 0. The fourth-order valence-electron chi connectivity index (χ4n) is 2.50. The second-order valence-corrected chi connectivity index (χ2v) is 7.83. The van der Waals surface area contributed by atoms with Gasteiger partial charge >= 0.3 is 0 Å². The first-order valence-corrected chi connectivity index (χ1v) is 10.1. The smallest absolute Gasteiger partial charge is 0.280 e. The third-order valence-corrected chi connectivity index (χ3v) is 4.95. The molecule has 0 unspecified atom stereocenters. The maximum Gasteiger partial charge on any atom is 0.280 e. The normalized spacial score (nSPS) is 12.7. The molecular formula is C20H16ClF2N5O2S. The van der Waals surface area contributed by atoms with Crippen molar-refractivity contribution in [1.82, 2.24) is 15.3 Å². The summed E-state index contributed by atoms with van der Waals surface area (Å²) in [5.41, 5.74) is -0.166.